The minimum Gasteiger partial charge on any atom is -0.394 e. The Morgan fingerprint density at radius 2 is 2.50 bits per heavy atom. The SMILES string of the molecule is CN1CCCC(CO)(NCc2cccs2)C1. The summed E-state index contributed by atoms with van der Waals surface area (Å²) in [5.41, 5.74) is -0.100. The van der Waals surface area contributed by atoms with Gasteiger partial charge in [0.05, 0.1) is 12.1 Å². The van der Waals surface area contributed by atoms with Crippen LogP contribution < -0.4 is 5.32 Å². The van der Waals surface area contributed by atoms with Crippen molar-refractivity contribution < 1.29 is 5.11 Å². The average Bonchev–Trinajstić information content (AvgIpc) is 2.79. The molecule has 0 saturated carbocycles. The number of nitrogens with zero attached hydrogens (tertiary/aromatic N) is 1. The van der Waals surface area contributed by atoms with E-state index in [-0.39, 0.29) is 12.1 Å². The molecule has 1 aliphatic heterocycles. The third kappa shape index (κ3) is 2.83. The van der Waals surface area contributed by atoms with Gasteiger partial charge in [0, 0.05) is 18.0 Å². The molecule has 0 aliphatic carbocycles. The summed E-state index contributed by atoms with van der Waals surface area (Å²) in [4.78, 5) is 3.63. The van der Waals surface area contributed by atoms with Crippen molar-refractivity contribution in [1.29, 1.82) is 0 Å². The van der Waals surface area contributed by atoms with Crippen LogP contribution >= 0.6 is 11.3 Å². The van der Waals surface area contributed by atoms with E-state index in [2.05, 4.69) is 34.8 Å². The second kappa shape index (κ2) is 5.27. The number of thiophene rings is 1. The first-order valence-corrected chi connectivity index (χ1v) is 6.69. The lowest BCUT2D eigenvalue weighted by molar-refractivity contribution is 0.0790. The first-order chi connectivity index (χ1) is 7.74. The molecule has 1 aliphatic rings. The van der Waals surface area contributed by atoms with E-state index in [1.165, 1.54) is 4.88 Å². The second-order valence-electron chi connectivity index (χ2n) is 4.71. The number of hydrogen-bond acceptors (Lipinski definition) is 4. The van der Waals surface area contributed by atoms with Crippen LogP contribution in [0.15, 0.2) is 17.5 Å². The monoisotopic (exact) mass is 240 g/mol. The number of hydrogen-bond donors (Lipinski definition) is 2. The molecule has 3 nitrogen and oxygen atoms in total. The van der Waals surface area contributed by atoms with Crippen LogP contribution in [0.2, 0.25) is 0 Å². The van der Waals surface area contributed by atoms with E-state index < -0.39 is 0 Å². The van der Waals surface area contributed by atoms with E-state index >= 15 is 0 Å². The van der Waals surface area contributed by atoms with Crippen molar-refractivity contribution >= 4 is 11.3 Å². The number of piperidine rings is 1. The van der Waals surface area contributed by atoms with Gasteiger partial charge in [0.1, 0.15) is 0 Å². The van der Waals surface area contributed by atoms with Crippen LogP contribution in [0.4, 0.5) is 0 Å². The smallest absolute Gasteiger partial charge is 0.0626 e. The molecular formula is C12H20N2OS. The molecule has 0 bridgehead atoms. The largest absolute Gasteiger partial charge is 0.394 e. The molecule has 0 aromatic carbocycles. The molecule has 2 heterocycles. The van der Waals surface area contributed by atoms with Crippen molar-refractivity contribution in [2.24, 2.45) is 0 Å². The van der Waals surface area contributed by atoms with Gasteiger partial charge in [-0.1, -0.05) is 6.07 Å². The normalized spacial score (nSPS) is 27.1. The predicted octanol–water partition coefficient (Wildman–Crippen LogP) is 1.29. The van der Waals surface area contributed by atoms with Crippen LogP contribution in [0, 0.1) is 0 Å². The maximum atomic E-state index is 9.60. The van der Waals surface area contributed by atoms with Gasteiger partial charge in [0.2, 0.25) is 0 Å². The number of likely N-dealkylation sites (N-methyl/N-ethyl adjacent to an activating group) is 1. The fourth-order valence-electron chi connectivity index (χ4n) is 2.38. The van der Waals surface area contributed by atoms with Crippen LogP contribution in [-0.4, -0.2) is 42.3 Å². The van der Waals surface area contributed by atoms with Crippen molar-refractivity contribution in [2.45, 2.75) is 24.9 Å². The molecule has 0 amide bonds. The number of rotatable bonds is 4. The molecule has 2 N–H and O–H groups in total. The number of nitrogens with one attached hydrogen (secondary N) is 1. The lowest BCUT2D eigenvalue weighted by atomic mass is 9.90. The third-order valence-electron chi connectivity index (χ3n) is 3.29. The van der Waals surface area contributed by atoms with Gasteiger partial charge in [0.15, 0.2) is 0 Å². The van der Waals surface area contributed by atoms with Crippen molar-refractivity contribution in [3.05, 3.63) is 22.4 Å². The highest BCUT2D eigenvalue weighted by Gasteiger charge is 2.33. The summed E-state index contributed by atoms with van der Waals surface area (Å²) in [5.74, 6) is 0. The Morgan fingerprint density at radius 1 is 1.62 bits per heavy atom. The van der Waals surface area contributed by atoms with E-state index in [9.17, 15) is 5.11 Å². The van der Waals surface area contributed by atoms with Gasteiger partial charge in [-0.05, 0) is 37.9 Å². The molecule has 1 aromatic heterocycles. The molecule has 0 radical (unpaired) electrons. The lowest BCUT2D eigenvalue weighted by Crippen LogP contribution is -2.58. The van der Waals surface area contributed by atoms with E-state index in [0.29, 0.717) is 0 Å². The zero-order valence-corrected chi connectivity index (χ0v) is 10.6. The molecule has 90 valence electrons. The third-order valence-corrected chi connectivity index (χ3v) is 4.16. The Balaban J connectivity index is 1.93. The Bertz CT molecular complexity index is 315. The van der Waals surface area contributed by atoms with Crippen molar-refractivity contribution in [3.8, 4) is 0 Å². The Kier molecular flexibility index (Phi) is 3.97. The van der Waals surface area contributed by atoms with Gasteiger partial charge < -0.3 is 15.3 Å². The average molecular weight is 240 g/mol. The summed E-state index contributed by atoms with van der Waals surface area (Å²) < 4.78 is 0. The fraction of sp³-hybridized carbons (Fsp3) is 0.667. The summed E-state index contributed by atoms with van der Waals surface area (Å²) in [7, 11) is 2.12. The zero-order valence-electron chi connectivity index (χ0n) is 9.78. The molecule has 1 saturated heterocycles. The molecule has 1 unspecified atom stereocenters. The highest BCUT2D eigenvalue weighted by atomic mass is 32.1. The fourth-order valence-corrected chi connectivity index (χ4v) is 3.02. The highest BCUT2D eigenvalue weighted by Crippen LogP contribution is 2.21. The number of aliphatic hydroxyl groups excluding tert-OH is 1. The molecule has 16 heavy (non-hydrogen) atoms. The first kappa shape index (κ1) is 12.0. The molecule has 1 aromatic rings. The molecule has 1 atom stereocenters. The quantitative estimate of drug-likeness (QED) is 0.832. The molecule has 1 fully saturated rings. The predicted molar refractivity (Wildman–Crippen MR) is 67.7 cm³/mol. The number of aliphatic hydroxyl groups is 1. The first-order valence-electron chi connectivity index (χ1n) is 5.81. The van der Waals surface area contributed by atoms with Crippen molar-refractivity contribution in [3.63, 3.8) is 0 Å². The number of likely N-dealkylation sites (tertiary alicyclic amines) is 1. The molecule has 2 rings (SSSR count). The Labute approximate surface area is 101 Å². The topological polar surface area (TPSA) is 35.5 Å². The van der Waals surface area contributed by atoms with Gasteiger partial charge >= 0.3 is 0 Å². The van der Waals surface area contributed by atoms with E-state index in [1.807, 2.05) is 0 Å². The van der Waals surface area contributed by atoms with Crippen LogP contribution in [0.1, 0.15) is 17.7 Å². The van der Waals surface area contributed by atoms with Gasteiger partial charge in [0.25, 0.3) is 0 Å². The molecule has 0 spiro atoms. The molecular weight excluding hydrogens is 220 g/mol. The van der Waals surface area contributed by atoms with E-state index in [0.717, 1.165) is 32.5 Å². The summed E-state index contributed by atoms with van der Waals surface area (Å²) in [6, 6.07) is 4.20. The van der Waals surface area contributed by atoms with E-state index in [4.69, 9.17) is 0 Å². The zero-order chi connectivity index (χ0) is 11.4. The summed E-state index contributed by atoms with van der Waals surface area (Å²) in [6.07, 6.45) is 2.23. The summed E-state index contributed by atoms with van der Waals surface area (Å²) >= 11 is 1.76. The summed E-state index contributed by atoms with van der Waals surface area (Å²) in [5, 5.41) is 15.2. The second-order valence-corrected chi connectivity index (χ2v) is 5.74. The maximum absolute atomic E-state index is 9.60. The van der Waals surface area contributed by atoms with Gasteiger partial charge in [-0.2, -0.15) is 0 Å². The minimum atomic E-state index is -0.100. The van der Waals surface area contributed by atoms with Gasteiger partial charge in [-0.3, -0.25) is 0 Å². The van der Waals surface area contributed by atoms with Crippen molar-refractivity contribution in [2.75, 3.05) is 26.7 Å². The minimum absolute atomic E-state index is 0.100. The highest BCUT2D eigenvalue weighted by molar-refractivity contribution is 7.09. The Hall–Kier alpha value is -0.420. The maximum Gasteiger partial charge on any atom is 0.0626 e. The lowest BCUT2D eigenvalue weighted by Gasteiger charge is -2.41. The standard InChI is InChI=1S/C12H20N2OS/c1-14-6-3-5-12(9-14,10-15)13-8-11-4-2-7-16-11/h2,4,7,13,15H,3,5-6,8-10H2,1H3. The van der Waals surface area contributed by atoms with Gasteiger partial charge in [-0.15, -0.1) is 11.3 Å². The van der Waals surface area contributed by atoms with Crippen LogP contribution in [0.25, 0.3) is 0 Å². The molecule has 4 heteroatoms. The summed E-state index contributed by atoms with van der Waals surface area (Å²) in [6.45, 7) is 3.17. The van der Waals surface area contributed by atoms with E-state index in [1.54, 1.807) is 11.3 Å². The van der Waals surface area contributed by atoms with Crippen LogP contribution in [0.5, 0.6) is 0 Å². The van der Waals surface area contributed by atoms with Crippen LogP contribution in [-0.2, 0) is 6.54 Å². The van der Waals surface area contributed by atoms with Crippen molar-refractivity contribution in [1.82, 2.24) is 10.2 Å². The van der Waals surface area contributed by atoms with Gasteiger partial charge in [-0.25, -0.2) is 0 Å². The van der Waals surface area contributed by atoms with Crippen LogP contribution in [0.3, 0.4) is 0 Å². The Morgan fingerprint density at radius 3 is 3.12 bits per heavy atom.